The Morgan fingerprint density at radius 1 is 1.39 bits per heavy atom. The first kappa shape index (κ1) is 13.4. The van der Waals surface area contributed by atoms with Crippen LogP contribution >= 0.6 is 11.8 Å². The molecule has 1 saturated heterocycles. The molecule has 0 bridgehead atoms. The number of carbonyl (C=O) groups is 1. The van der Waals surface area contributed by atoms with Crippen LogP contribution in [0.5, 0.6) is 0 Å². The molecule has 1 aromatic carbocycles. The van der Waals surface area contributed by atoms with Crippen LogP contribution in [0.1, 0.15) is 19.4 Å². The molecule has 0 aliphatic carbocycles. The molecule has 0 saturated carbocycles. The van der Waals surface area contributed by atoms with Crippen LogP contribution in [0.25, 0.3) is 0 Å². The van der Waals surface area contributed by atoms with E-state index in [1.165, 1.54) is 4.90 Å². The van der Waals surface area contributed by atoms with Gasteiger partial charge in [-0.3, -0.25) is 4.79 Å². The summed E-state index contributed by atoms with van der Waals surface area (Å²) in [6.45, 7) is 6.63. The Kier molecular flexibility index (Phi) is 4.66. The number of nitrogens with one attached hydrogen (secondary N) is 2. The van der Waals surface area contributed by atoms with Gasteiger partial charge in [0, 0.05) is 29.8 Å². The summed E-state index contributed by atoms with van der Waals surface area (Å²) in [7, 11) is 0. The summed E-state index contributed by atoms with van der Waals surface area (Å²) in [5, 5.41) is 6.68. The van der Waals surface area contributed by atoms with Crippen LogP contribution in [0.15, 0.2) is 29.2 Å². The largest absolute Gasteiger partial charge is 0.352 e. The van der Waals surface area contributed by atoms with Crippen LogP contribution < -0.4 is 10.6 Å². The van der Waals surface area contributed by atoms with E-state index in [1.807, 2.05) is 11.8 Å². The van der Waals surface area contributed by atoms with Gasteiger partial charge in [0.05, 0.1) is 5.92 Å². The lowest BCUT2D eigenvalue weighted by atomic mass is 10.0. The van der Waals surface area contributed by atoms with E-state index in [4.69, 9.17) is 0 Å². The van der Waals surface area contributed by atoms with Crippen LogP contribution in [0.3, 0.4) is 0 Å². The zero-order chi connectivity index (χ0) is 13.0. The number of hydrogen-bond acceptors (Lipinski definition) is 3. The highest BCUT2D eigenvalue weighted by atomic mass is 32.2. The van der Waals surface area contributed by atoms with E-state index in [-0.39, 0.29) is 11.8 Å². The Bertz CT molecular complexity index is 399. The maximum Gasteiger partial charge on any atom is 0.225 e. The van der Waals surface area contributed by atoms with E-state index < -0.39 is 0 Å². The highest BCUT2D eigenvalue weighted by Gasteiger charge is 2.24. The molecule has 1 fully saturated rings. The second kappa shape index (κ2) is 6.25. The number of benzene rings is 1. The molecule has 1 heterocycles. The molecule has 98 valence electrons. The van der Waals surface area contributed by atoms with Crippen molar-refractivity contribution in [2.75, 3.05) is 13.1 Å². The van der Waals surface area contributed by atoms with E-state index in [9.17, 15) is 4.79 Å². The highest BCUT2D eigenvalue weighted by molar-refractivity contribution is 7.99. The third-order valence-electron chi connectivity index (χ3n) is 2.91. The quantitative estimate of drug-likeness (QED) is 0.800. The molecule has 2 N–H and O–H groups in total. The molecule has 0 aromatic heterocycles. The van der Waals surface area contributed by atoms with Crippen molar-refractivity contribution in [2.24, 2.45) is 5.92 Å². The molecule has 3 nitrogen and oxygen atoms in total. The maximum absolute atomic E-state index is 11.7. The van der Waals surface area contributed by atoms with E-state index in [2.05, 4.69) is 48.7 Å². The Hall–Kier alpha value is -1.00. The maximum atomic E-state index is 11.7. The molecule has 18 heavy (non-hydrogen) atoms. The van der Waals surface area contributed by atoms with Gasteiger partial charge in [0.15, 0.2) is 0 Å². The Balaban J connectivity index is 1.80. The van der Waals surface area contributed by atoms with Gasteiger partial charge in [-0.15, -0.1) is 11.8 Å². The number of hydrogen-bond donors (Lipinski definition) is 2. The summed E-state index contributed by atoms with van der Waals surface area (Å²) in [6.07, 6.45) is 0. The molecule has 0 unspecified atom stereocenters. The van der Waals surface area contributed by atoms with Gasteiger partial charge in [-0.1, -0.05) is 26.0 Å². The first-order valence-corrected chi connectivity index (χ1v) is 7.27. The Morgan fingerprint density at radius 3 is 2.56 bits per heavy atom. The molecular formula is C14H20N2OS. The average molecular weight is 264 g/mol. The van der Waals surface area contributed by atoms with Crippen LogP contribution in [0, 0.1) is 5.92 Å². The minimum Gasteiger partial charge on any atom is -0.352 e. The molecule has 2 rings (SSSR count). The highest BCUT2D eigenvalue weighted by Crippen LogP contribution is 2.22. The molecule has 0 spiro atoms. The van der Waals surface area contributed by atoms with Crippen LogP contribution in [-0.2, 0) is 11.3 Å². The third-order valence-corrected chi connectivity index (χ3v) is 3.93. The van der Waals surface area contributed by atoms with Crippen molar-refractivity contribution in [1.29, 1.82) is 0 Å². The standard InChI is InChI=1S/C14H20N2OS/c1-10(2)18-13-5-3-11(4-6-13)7-16-14(17)12-8-15-9-12/h3-6,10,12,15H,7-9H2,1-2H3,(H,16,17). The Labute approximate surface area is 113 Å². The lowest BCUT2D eigenvalue weighted by Gasteiger charge is -2.25. The van der Waals surface area contributed by atoms with E-state index in [1.54, 1.807) is 0 Å². The topological polar surface area (TPSA) is 41.1 Å². The van der Waals surface area contributed by atoms with E-state index in [0.29, 0.717) is 11.8 Å². The summed E-state index contributed by atoms with van der Waals surface area (Å²) in [6, 6.07) is 8.42. The van der Waals surface area contributed by atoms with Crippen molar-refractivity contribution in [3.8, 4) is 0 Å². The number of rotatable bonds is 5. The first-order chi connectivity index (χ1) is 8.65. The predicted octanol–water partition coefficient (Wildman–Crippen LogP) is 2.02. The molecule has 1 aromatic rings. The van der Waals surface area contributed by atoms with Crippen molar-refractivity contribution in [3.05, 3.63) is 29.8 Å². The number of thioether (sulfide) groups is 1. The number of amides is 1. The minimum atomic E-state index is 0.161. The minimum absolute atomic E-state index is 0.161. The summed E-state index contributed by atoms with van der Waals surface area (Å²) >= 11 is 1.85. The van der Waals surface area contributed by atoms with Crippen molar-refractivity contribution in [3.63, 3.8) is 0 Å². The van der Waals surface area contributed by atoms with Crippen molar-refractivity contribution in [2.45, 2.75) is 30.5 Å². The van der Waals surface area contributed by atoms with Crippen LogP contribution in [0.2, 0.25) is 0 Å². The van der Waals surface area contributed by atoms with E-state index in [0.717, 1.165) is 18.7 Å². The van der Waals surface area contributed by atoms with Crippen molar-refractivity contribution >= 4 is 17.7 Å². The van der Waals surface area contributed by atoms with Crippen LogP contribution in [0.4, 0.5) is 0 Å². The number of carbonyl (C=O) groups excluding carboxylic acids is 1. The lowest BCUT2D eigenvalue weighted by molar-refractivity contribution is -0.126. The summed E-state index contributed by atoms with van der Waals surface area (Å²) in [4.78, 5) is 12.9. The zero-order valence-electron chi connectivity index (χ0n) is 10.9. The molecular weight excluding hydrogens is 244 g/mol. The Morgan fingerprint density at radius 2 is 2.06 bits per heavy atom. The third kappa shape index (κ3) is 3.75. The SMILES string of the molecule is CC(C)Sc1ccc(CNC(=O)C2CNC2)cc1. The summed E-state index contributed by atoms with van der Waals surface area (Å²) in [5.74, 6) is 0.329. The summed E-state index contributed by atoms with van der Waals surface area (Å²) < 4.78 is 0. The lowest BCUT2D eigenvalue weighted by Crippen LogP contribution is -2.50. The second-order valence-corrected chi connectivity index (χ2v) is 6.53. The zero-order valence-corrected chi connectivity index (χ0v) is 11.7. The average Bonchev–Trinajstić information content (AvgIpc) is 2.25. The smallest absolute Gasteiger partial charge is 0.225 e. The monoisotopic (exact) mass is 264 g/mol. The van der Waals surface area contributed by atoms with Gasteiger partial charge < -0.3 is 10.6 Å². The fourth-order valence-electron chi connectivity index (χ4n) is 1.77. The fraction of sp³-hybridized carbons (Fsp3) is 0.500. The normalized spacial score (nSPS) is 15.5. The van der Waals surface area contributed by atoms with Gasteiger partial charge >= 0.3 is 0 Å². The molecule has 1 aliphatic heterocycles. The first-order valence-electron chi connectivity index (χ1n) is 6.39. The van der Waals surface area contributed by atoms with Crippen molar-refractivity contribution in [1.82, 2.24) is 10.6 Å². The van der Waals surface area contributed by atoms with Gasteiger partial charge in [-0.05, 0) is 17.7 Å². The predicted molar refractivity (Wildman–Crippen MR) is 75.6 cm³/mol. The van der Waals surface area contributed by atoms with E-state index >= 15 is 0 Å². The molecule has 4 heteroatoms. The summed E-state index contributed by atoms with van der Waals surface area (Å²) in [5.41, 5.74) is 1.16. The van der Waals surface area contributed by atoms with Gasteiger partial charge in [0.1, 0.15) is 0 Å². The molecule has 0 atom stereocenters. The van der Waals surface area contributed by atoms with Crippen molar-refractivity contribution < 1.29 is 4.79 Å². The fourth-order valence-corrected chi connectivity index (χ4v) is 2.60. The molecule has 0 radical (unpaired) electrons. The van der Waals surface area contributed by atoms with Gasteiger partial charge in [0.2, 0.25) is 5.91 Å². The van der Waals surface area contributed by atoms with Crippen LogP contribution in [-0.4, -0.2) is 24.2 Å². The molecule has 1 aliphatic rings. The van der Waals surface area contributed by atoms with Gasteiger partial charge in [-0.2, -0.15) is 0 Å². The van der Waals surface area contributed by atoms with Gasteiger partial charge in [-0.25, -0.2) is 0 Å². The second-order valence-electron chi connectivity index (χ2n) is 4.88. The molecule has 1 amide bonds. The van der Waals surface area contributed by atoms with Gasteiger partial charge in [0.25, 0.3) is 0 Å².